The van der Waals surface area contributed by atoms with Gasteiger partial charge in [0, 0.05) is 5.92 Å². The molecule has 0 spiro atoms. The van der Waals surface area contributed by atoms with Crippen molar-refractivity contribution in [2.75, 3.05) is 23.5 Å². The Hall–Kier alpha value is -5.54. The van der Waals surface area contributed by atoms with E-state index in [9.17, 15) is 19.5 Å². The van der Waals surface area contributed by atoms with Crippen molar-refractivity contribution in [2.45, 2.75) is 31.1 Å². The third-order valence-corrected chi connectivity index (χ3v) is 11.0. The number of hydrogen-bond acceptors (Lipinski definition) is 7. The van der Waals surface area contributed by atoms with Gasteiger partial charge >= 0.3 is 0 Å². The Labute approximate surface area is 290 Å². The molecule has 50 heavy (non-hydrogen) atoms. The van der Waals surface area contributed by atoms with E-state index in [1.54, 1.807) is 36.4 Å². The van der Waals surface area contributed by atoms with Gasteiger partial charge in [-0.25, -0.2) is 0 Å². The van der Waals surface area contributed by atoms with Crippen molar-refractivity contribution >= 4 is 35.0 Å². The number of nitrogens with one attached hydrogen (secondary N) is 1. The molecule has 2 N–H and O–H groups in total. The summed E-state index contributed by atoms with van der Waals surface area (Å²) in [5.41, 5.74) is 6.37. The third kappa shape index (κ3) is 4.79. The summed E-state index contributed by atoms with van der Waals surface area (Å²) in [5, 5.41) is 10.5. The van der Waals surface area contributed by atoms with E-state index >= 15 is 4.79 Å². The van der Waals surface area contributed by atoms with Crippen LogP contribution in [-0.4, -0.2) is 47.0 Å². The van der Waals surface area contributed by atoms with Gasteiger partial charge in [0.15, 0.2) is 0 Å². The van der Waals surface area contributed by atoms with Gasteiger partial charge in [-0.05, 0) is 73.2 Å². The number of hydrazine groups is 1. The van der Waals surface area contributed by atoms with Gasteiger partial charge in [0.05, 0.1) is 41.2 Å². The second-order valence-electron chi connectivity index (χ2n) is 13.6. The molecule has 2 saturated heterocycles. The van der Waals surface area contributed by atoms with E-state index < -0.39 is 35.0 Å². The highest BCUT2D eigenvalue weighted by Gasteiger charge is 2.70. The largest absolute Gasteiger partial charge is 0.491 e. The lowest BCUT2D eigenvalue weighted by molar-refractivity contribution is -0.138. The standard InChI is InChI=1S/C41H37N3O6/c1-25-12-16-28(17-13-25)42-44-38(47)34-24-33-31(20-21-32-35(33)39(48)43(37(32)46)29-10-6-3-7-11-29)36(26-14-18-30(19-15-26)50-23-22-45)41(34,40(44)49)27-8-4-2-5-9-27/h2-20,32-36,42,45H,21-24H2,1H3. The Morgan fingerprint density at radius 3 is 2.16 bits per heavy atom. The quantitative estimate of drug-likeness (QED) is 0.187. The molecule has 9 heteroatoms. The van der Waals surface area contributed by atoms with E-state index in [0.717, 1.165) is 16.7 Å². The van der Waals surface area contributed by atoms with Crippen molar-refractivity contribution in [3.8, 4) is 5.75 Å². The summed E-state index contributed by atoms with van der Waals surface area (Å²) < 4.78 is 5.68. The fraction of sp³-hybridized carbons (Fsp3) is 0.268. The molecule has 0 bridgehead atoms. The van der Waals surface area contributed by atoms with Gasteiger partial charge in [-0.15, -0.1) is 0 Å². The van der Waals surface area contributed by atoms with Gasteiger partial charge in [0.1, 0.15) is 12.4 Å². The number of allylic oxidation sites excluding steroid dienone is 2. The van der Waals surface area contributed by atoms with Crippen molar-refractivity contribution in [3.05, 3.63) is 138 Å². The molecule has 6 unspecified atom stereocenters. The molecule has 252 valence electrons. The first-order valence-electron chi connectivity index (χ1n) is 17.1. The first-order chi connectivity index (χ1) is 24.3. The van der Waals surface area contributed by atoms with Crippen molar-refractivity contribution in [2.24, 2.45) is 23.7 Å². The van der Waals surface area contributed by atoms with Crippen LogP contribution in [0.25, 0.3) is 0 Å². The van der Waals surface area contributed by atoms with Crippen LogP contribution in [0.2, 0.25) is 0 Å². The van der Waals surface area contributed by atoms with Crippen LogP contribution in [0.15, 0.2) is 121 Å². The predicted octanol–water partition coefficient (Wildman–Crippen LogP) is 5.56. The van der Waals surface area contributed by atoms with E-state index in [1.807, 2.05) is 79.7 Å². The fourth-order valence-electron chi connectivity index (χ4n) is 8.87. The molecule has 2 aliphatic heterocycles. The Kier molecular flexibility index (Phi) is 7.87. The van der Waals surface area contributed by atoms with E-state index in [1.165, 1.54) is 9.91 Å². The average molecular weight is 668 g/mol. The third-order valence-electron chi connectivity index (χ3n) is 11.0. The Bertz CT molecular complexity index is 2000. The second-order valence-corrected chi connectivity index (χ2v) is 13.6. The molecule has 8 rings (SSSR count). The van der Waals surface area contributed by atoms with Gasteiger partial charge in [-0.2, -0.15) is 5.01 Å². The van der Waals surface area contributed by atoms with E-state index in [4.69, 9.17) is 4.74 Å². The number of carbonyl (C=O) groups excluding carboxylic acids is 4. The van der Waals surface area contributed by atoms with Crippen molar-refractivity contribution in [1.82, 2.24) is 5.01 Å². The number of carbonyl (C=O) groups is 4. The topological polar surface area (TPSA) is 116 Å². The predicted molar refractivity (Wildman–Crippen MR) is 187 cm³/mol. The van der Waals surface area contributed by atoms with Crippen LogP contribution in [0.1, 0.15) is 35.4 Å². The maximum Gasteiger partial charge on any atom is 0.260 e. The number of aliphatic hydroxyl groups excluding tert-OH is 1. The second kappa shape index (κ2) is 12.4. The normalized spacial score (nSPS) is 27.1. The van der Waals surface area contributed by atoms with Crippen LogP contribution in [0, 0.1) is 30.6 Å². The number of imide groups is 2. The summed E-state index contributed by atoms with van der Waals surface area (Å²) in [6.07, 6.45) is 2.64. The number of aryl methyl sites for hydroxylation is 1. The molecule has 2 aliphatic carbocycles. The van der Waals surface area contributed by atoms with E-state index in [0.29, 0.717) is 29.1 Å². The molecule has 0 aromatic heterocycles. The Morgan fingerprint density at radius 1 is 0.800 bits per heavy atom. The number of amides is 4. The number of benzene rings is 4. The maximum absolute atomic E-state index is 15.2. The summed E-state index contributed by atoms with van der Waals surface area (Å²) in [6.45, 7) is 1.97. The van der Waals surface area contributed by atoms with Crippen LogP contribution in [0.5, 0.6) is 5.75 Å². The highest BCUT2D eigenvalue weighted by atomic mass is 16.5. The molecular weight excluding hydrogens is 630 g/mol. The molecule has 6 atom stereocenters. The van der Waals surface area contributed by atoms with E-state index in [2.05, 4.69) is 11.5 Å². The first kappa shape index (κ1) is 31.7. The number of ether oxygens (including phenoxy) is 1. The van der Waals surface area contributed by atoms with Crippen molar-refractivity contribution < 1.29 is 29.0 Å². The van der Waals surface area contributed by atoms with E-state index in [-0.39, 0.29) is 43.3 Å². The minimum Gasteiger partial charge on any atom is -0.491 e. The summed E-state index contributed by atoms with van der Waals surface area (Å²) >= 11 is 0. The average Bonchev–Trinajstić information content (AvgIpc) is 3.53. The summed E-state index contributed by atoms with van der Waals surface area (Å²) in [5.74, 6) is -3.84. The lowest BCUT2D eigenvalue weighted by Gasteiger charge is -2.50. The van der Waals surface area contributed by atoms with Gasteiger partial charge in [0.25, 0.3) is 11.8 Å². The molecule has 4 aromatic rings. The van der Waals surface area contributed by atoms with Gasteiger partial charge in [-0.1, -0.05) is 90.0 Å². The molecule has 9 nitrogen and oxygen atoms in total. The van der Waals surface area contributed by atoms with Gasteiger partial charge < -0.3 is 9.84 Å². The minimum atomic E-state index is -1.34. The number of fused-ring (bicyclic) bond motifs is 4. The minimum absolute atomic E-state index is 0.131. The lowest BCUT2D eigenvalue weighted by atomic mass is 9.49. The molecule has 4 amide bonds. The summed E-state index contributed by atoms with van der Waals surface area (Å²) in [4.78, 5) is 59.6. The zero-order valence-electron chi connectivity index (χ0n) is 27.6. The molecule has 4 aliphatic rings. The van der Waals surface area contributed by atoms with Gasteiger partial charge in [0.2, 0.25) is 11.8 Å². The Balaban J connectivity index is 1.30. The summed E-state index contributed by atoms with van der Waals surface area (Å²) in [7, 11) is 0. The Morgan fingerprint density at radius 2 is 1.48 bits per heavy atom. The first-order valence-corrected chi connectivity index (χ1v) is 17.1. The maximum atomic E-state index is 15.2. The van der Waals surface area contributed by atoms with Gasteiger partial charge in [-0.3, -0.25) is 29.5 Å². The lowest BCUT2D eigenvalue weighted by Crippen LogP contribution is -2.53. The monoisotopic (exact) mass is 667 g/mol. The molecule has 4 aromatic carbocycles. The number of rotatable bonds is 8. The zero-order chi connectivity index (χ0) is 34.6. The van der Waals surface area contributed by atoms with Crippen molar-refractivity contribution in [3.63, 3.8) is 0 Å². The molecule has 1 saturated carbocycles. The number of aliphatic hydroxyl groups is 1. The zero-order valence-corrected chi connectivity index (χ0v) is 27.6. The van der Waals surface area contributed by atoms with Crippen LogP contribution < -0.4 is 15.1 Å². The van der Waals surface area contributed by atoms with Crippen LogP contribution >= 0.6 is 0 Å². The molecule has 0 radical (unpaired) electrons. The molecular formula is C41H37N3O6. The smallest absolute Gasteiger partial charge is 0.260 e. The molecule has 3 fully saturated rings. The van der Waals surface area contributed by atoms with Crippen LogP contribution in [0.3, 0.4) is 0 Å². The molecule has 2 heterocycles. The van der Waals surface area contributed by atoms with Crippen LogP contribution in [-0.2, 0) is 24.6 Å². The fourth-order valence-corrected chi connectivity index (χ4v) is 8.87. The van der Waals surface area contributed by atoms with Crippen molar-refractivity contribution in [1.29, 1.82) is 0 Å². The number of nitrogens with zero attached hydrogens (tertiary/aromatic N) is 2. The highest BCUT2D eigenvalue weighted by Crippen LogP contribution is 2.64. The highest BCUT2D eigenvalue weighted by molar-refractivity contribution is 6.22. The number of anilines is 2. The number of para-hydroxylation sites is 1. The van der Waals surface area contributed by atoms with Crippen LogP contribution in [0.4, 0.5) is 11.4 Å². The number of hydrogen-bond donors (Lipinski definition) is 2. The SMILES string of the molecule is Cc1ccc(NN2C(=O)C3CC4C(=CCC5C(=O)N(c6ccccc6)C(=O)C54)C(c4ccc(OCCO)cc4)C3(c3ccccc3)C2=O)cc1. The summed E-state index contributed by atoms with van der Waals surface area (Å²) in [6, 6.07) is 33.4.